The van der Waals surface area contributed by atoms with Crippen molar-refractivity contribution in [1.82, 2.24) is 5.32 Å². The lowest BCUT2D eigenvalue weighted by Gasteiger charge is -2.16. The van der Waals surface area contributed by atoms with Gasteiger partial charge in [0.05, 0.1) is 16.5 Å². The van der Waals surface area contributed by atoms with Crippen LogP contribution in [0.25, 0.3) is 10.4 Å². The molecule has 1 amide bonds. The summed E-state index contributed by atoms with van der Waals surface area (Å²) in [6, 6.07) is 19.1. The van der Waals surface area contributed by atoms with E-state index in [0.29, 0.717) is 23.6 Å². The Morgan fingerprint density at radius 3 is 2.80 bits per heavy atom. The number of hydrogen-bond donors (Lipinski definition) is 1. The second-order valence-corrected chi connectivity index (χ2v) is 6.79. The number of amides is 1. The predicted molar refractivity (Wildman–Crippen MR) is 96.4 cm³/mol. The second-order valence-electron chi connectivity index (χ2n) is 5.74. The van der Waals surface area contributed by atoms with Gasteiger partial charge in [0.1, 0.15) is 12.4 Å². The summed E-state index contributed by atoms with van der Waals surface area (Å²) >= 11 is 1.49. The maximum Gasteiger partial charge on any atom is 0.261 e. The maximum absolute atomic E-state index is 12.5. The van der Waals surface area contributed by atoms with Crippen molar-refractivity contribution >= 4 is 17.2 Å². The molecule has 25 heavy (non-hydrogen) atoms. The first-order valence-corrected chi connectivity index (χ1v) is 8.68. The van der Waals surface area contributed by atoms with Gasteiger partial charge in [-0.3, -0.25) is 4.79 Å². The molecule has 0 fully saturated rings. The Morgan fingerprint density at radius 2 is 2.00 bits per heavy atom. The van der Waals surface area contributed by atoms with Crippen LogP contribution in [0.4, 0.5) is 0 Å². The molecule has 0 atom stereocenters. The number of hydrogen-bond acceptors (Lipinski definition) is 4. The molecule has 0 bridgehead atoms. The highest BCUT2D eigenvalue weighted by molar-refractivity contribution is 7.17. The quantitative estimate of drug-likeness (QED) is 0.776. The van der Waals surface area contributed by atoms with Crippen LogP contribution in [0.3, 0.4) is 0 Å². The Labute approximate surface area is 149 Å². The zero-order valence-electron chi connectivity index (χ0n) is 13.3. The summed E-state index contributed by atoms with van der Waals surface area (Å²) in [6.07, 6.45) is 0. The van der Waals surface area contributed by atoms with Crippen LogP contribution in [0.5, 0.6) is 5.75 Å². The minimum Gasteiger partial charge on any atom is -0.488 e. The maximum atomic E-state index is 12.5. The molecule has 0 saturated carbocycles. The van der Waals surface area contributed by atoms with Gasteiger partial charge in [0.2, 0.25) is 0 Å². The highest BCUT2D eigenvalue weighted by Gasteiger charge is 2.22. The molecule has 1 aliphatic rings. The number of rotatable bonds is 3. The third-order valence-corrected chi connectivity index (χ3v) is 5.29. The zero-order valence-corrected chi connectivity index (χ0v) is 14.1. The minimum atomic E-state index is -0.0961. The van der Waals surface area contributed by atoms with E-state index >= 15 is 0 Å². The molecule has 4 rings (SSSR count). The van der Waals surface area contributed by atoms with E-state index < -0.39 is 0 Å². The normalized spacial score (nSPS) is 11.6. The van der Waals surface area contributed by atoms with Crippen LogP contribution in [-0.4, -0.2) is 5.91 Å². The lowest BCUT2D eigenvalue weighted by Crippen LogP contribution is -2.21. The minimum absolute atomic E-state index is 0.0961. The van der Waals surface area contributed by atoms with Crippen LogP contribution in [0.2, 0.25) is 0 Å². The van der Waals surface area contributed by atoms with Crippen LogP contribution in [0.1, 0.15) is 26.4 Å². The van der Waals surface area contributed by atoms with Gasteiger partial charge in [0.15, 0.2) is 0 Å². The molecule has 1 aromatic heterocycles. The topological polar surface area (TPSA) is 62.1 Å². The molecule has 0 spiro atoms. The van der Waals surface area contributed by atoms with Crippen molar-refractivity contribution in [3.63, 3.8) is 0 Å². The summed E-state index contributed by atoms with van der Waals surface area (Å²) in [4.78, 5) is 14.3. The number of nitriles is 1. The van der Waals surface area contributed by atoms with Gasteiger partial charge < -0.3 is 10.1 Å². The molecule has 0 radical (unpaired) electrons. The van der Waals surface area contributed by atoms with E-state index in [1.807, 2.05) is 42.5 Å². The van der Waals surface area contributed by atoms with Crippen LogP contribution in [-0.2, 0) is 13.2 Å². The number of carbonyl (C=O) groups is 1. The van der Waals surface area contributed by atoms with Crippen LogP contribution in [0, 0.1) is 11.3 Å². The van der Waals surface area contributed by atoms with E-state index in [4.69, 9.17) is 10.00 Å². The van der Waals surface area contributed by atoms with Gasteiger partial charge in [0, 0.05) is 22.5 Å². The zero-order chi connectivity index (χ0) is 17.2. The first-order chi connectivity index (χ1) is 12.2. The molecule has 2 aromatic carbocycles. The van der Waals surface area contributed by atoms with Crippen LogP contribution >= 0.6 is 11.3 Å². The van der Waals surface area contributed by atoms with E-state index in [1.165, 1.54) is 11.3 Å². The molecule has 1 N–H and O–H groups in total. The van der Waals surface area contributed by atoms with E-state index in [0.717, 1.165) is 27.3 Å². The Hall–Kier alpha value is -3.10. The molecule has 2 heterocycles. The van der Waals surface area contributed by atoms with Gasteiger partial charge in [-0.05, 0) is 35.9 Å². The second kappa shape index (κ2) is 6.42. The van der Waals surface area contributed by atoms with E-state index in [2.05, 4.69) is 11.4 Å². The Kier molecular flexibility index (Phi) is 3.96. The monoisotopic (exact) mass is 346 g/mol. The third kappa shape index (κ3) is 3.00. The number of thiophene rings is 1. The number of para-hydroxylation sites is 1. The molecule has 4 nitrogen and oxygen atoms in total. The number of ether oxygens (including phenoxy) is 1. The van der Waals surface area contributed by atoms with Gasteiger partial charge in [-0.15, -0.1) is 11.3 Å². The average molecular weight is 346 g/mol. The van der Waals surface area contributed by atoms with E-state index in [9.17, 15) is 4.79 Å². The number of benzene rings is 2. The molecule has 5 heteroatoms. The Balaban J connectivity index is 1.50. The fraction of sp³-hybridized carbons (Fsp3) is 0.100. The number of nitrogens with zero attached hydrogens (tertiary/aromatic N) is 1. The van der Waals surface area contributed by atoms with Crippen LogP contribution < -0.4 is 10.1 Å². The summed E-state index contributed by atoms with van der Waals surface area (Å²) in [5.74, 6) is 0.766. The van der Waals surface area contributed by atoms with Crippen molar-refractivity contribution in [2.24, 2.45) is 0 Å². The van der Waals surface area contributed by atoms with Gasteiger partial charge >= 0.3 is 0 Å². The molecular weight excluding hydrogens is 332 g/mol. The predicted octanol–water partition coefficient (Wildman–Crippen LogP) is 4.11. The van der Waals surface area contributed by atoms with Crippen molar-refractivity contribution in [2.45, 2.75) is 13.2 Å². The summed E-state index contributed by atoms with van der Waals surface area (Å²) in [5.41, 5.74) is 3.66. The first kappa shape index (κ1) is 15.4. The summed E-state index contributed by atoms with van der Waals surface area (Å²) in [7, 11) is 0. The third-order valence-electron chi connectivity index (χ3n) is 4.08. The Morgan fingerprint density at radius 1 is 1.20 bits per heavy atom. The van der Waals surface area contributed by atoms with Gasteiger partial charge in [-0.2, -0.15) is 5.26 Å². The number of fused-ring (bicyclic) bond motifs is 3. The Bertz CT molecular complexity index is 984. The van der Waals surface area contributed by atoms with Gasteiger partial charge in [-0.1, -0.05) is 24.3 Å². The van der Waals surface area contributed by atoms with Crippen molar-refractivity contribution in [3.8, 4) is 22.3 Å². The smallest absolute Gasteiger partial charge is 0.261 e. The van der Waals surface area contributed by atoms with Crippen molar-refractivity contribution in [2.75, 3.05) is 0 Å². The first-order valence-electron chi connectivity index (χ1n) is 7.87. The highest BCUT2D eigenvalue weighted by Crippen LogP contribution is 2.42. The molecule has 0 aliphatic carbocycles. The van der Waals surface area contributed by atoms with Crippen molar-refractivity contribution in [3.05, 3.63) is 76.2 Å². The fourth-order valence-corrected chi connectivity index (χ4v) is 3.89. The molecule has 3 aromatic rings. The standard InChI is InChI=1S/C20H14N2O2S/c21-10-13-5-7-14(8-6-13)11-22-20(23)18-9-15-12-24-17-4-2-1-3-16(17)19(15)25-18/h1-9H,11-12H2,(H,22,23). The fourth-order valence-electron chi connectivity index (χ4n) is 2.78. The molecular formula is C20H14N2O2S. The highest BCUT2D eigenvalue weighted by atomic mass is 32.1. The van der Waals surface area contributed by atoms with Gasteiger partial charge in [-0.25, -0.2) is 0 Å². The summed E-state index contributed by atoms with van der Waals surface area (Å²) in [6.45, 7) is 0.923. The molecule has 0 unspecified atom stereocenters. The molecule has 1 aliphatic heterocycles. The van der Waals surface area contributed by atoms with Gasteiger partial charge in [0.25, 0.3) is 5.91 Å². The number of carbonyl (C=O) groups excluding carboxylic acids is 1. The van der Waals surface area contributed by atoms with Crippen LogP contribution in [0.15, 0.2) is 54.6 Å². The summed E-state index contributed by atoms with van der Waals surface area (Å²) in [5, 5.41) is 11.8. The number of nitrogens with one attached hydrogen (secondary N) is 1. The lowest BCUT2D eigenvalue weighted by atomic mass is 10.1. The SMILES string of the molecule is N#Cc1ccc(CNC(=O)c2cc3c(s2)-c2ccccc2OC3)cc1. The van der Waals surface area contributed by atoms with E-state index in [-0.39, 0.29) is 5.91 Å². The van der Waals surface area contributed by atoms with Crippen molar-refractivity contribution < 1.29 is 9.53 Å². The lowest BCUT2D eigenvalue weighted by molar-refractivity contribution is 0.0955. The summed E-state index contributed by atoms with van der Waals surface area (Å²) < 4.78 is 5.74. The van der Waals surface area contributed by atoms with E-state index in [1.54, 1.807) is 12.1 Å². The van der Waals surface area contributed by atoms with Crippen molar-refractivity contribution in [1.29, 1.82) is 5.26 Å². The molecule has 122 valence electrons. The average Bonchev–Trinajstić information content (AvgIpc) is 3.11. The largest absolute Gasteiger partial charge is 0.488 e. The molecule has 0 saturated heterocycles.